The third-order valence-electron chi connectivity index (χ3n) is 3.41. The number of carboxylic acid groups (broad SMARTS) is 1. The second kappa shape index (κ2) is 5.72. The minimum absolute atomic E-state index is 0.0590. The Morgan fingerprint density at radius 3 is 2.26 bits per heavy atom. The lowest BCUT2D eigenvalue weighted by Crippen LogP contribution is -2.12. The summed E-state index contributed by atoms with van der Waals surface area (Å²) in [5, 5.41) is 19.3. The number of rotatable bonds is 4. The van der Waals surface area contributed by atoms with E-state index in [1.165, 1.54) is 0 Å². The molecular formula is C16H12N4O3. The molecule has 0 radical (unpaired) electrons. The van der Waals surface area contributed by atoms with Crippen LogP contribution in [0.3, 0.4) is 0 Å². The molecule has 1 heterocycles. The average Bonchev–Trinajstić information content (AvgIpc) is 3.05. The number of aromatic carboxylic acids is 1. The fourth-order valence-electron chi connectivity index (χ4n) is 2.33. The Balaban J connectivity index is 2.02. The number of amides is 1. The van der Waals surface area contributed by atoms with E-state index in [9.17, 15) is 14.7 Å². The zero-order chi connectivity index (χ0) is 16.4. The van der Waals surface area contributed by atoms with Gasteiger partial charge >= 0.3 is 5.97 Å². The van der Waals surface area contributed by atoms with Crippen molar-refractivity contribution >= 4 is 11.9 Å². The van der Waals surface area contributed by atoms with E-state index in [-0.39, 0.29) is 11.3 Å². The molecule has 1 aromatic heterocycles. The molecule has 0 unspecified atom stereocenters. The molecule has 7 heteroatoms. The van der Waals surface area contributed by atoms with E-state index in [1.807, 2.05) is 0 Å². The van der Waals surface area contributed by atoms with Gasteiger partial charge in [-0.25, -0.2) is 4.79 Å². The first-order valence-electron chi connectivity index (χ1n) is 6.71. The van der Waals surface area contributed by atoms with Crippen LogP contribution in [-0.4, -0.2) is 32.4 Å². The highest BCUT2D eigenvalue weighted by Gasteiger charge is 2.16. The number of aromatic nitrogens is 3. The number of carbonyl (C=O) groups is 2. The van der Waals surface area contributed by atoms with E-state index in [0.717, 1.165) is 5.56 Å². The van der Waals surface area contributed by atoms with Gasteiger partial charge in [-0.05, 0) is 17.2 Å². The summed E-state index contributed by atoms with van der Waals surface area (Å²) in [5.74, 6) is -1.66. The summed E-state index contributed by atoms with van der Waals surface area (Å²) in [5.41, 5.74) is 7.90. The van der Waals surface area contributed by atoms with E-state index >= 15 is 0 Å². The fourth-order valence-corrected chi connectivity index (χ4v) is 2.33. The van der Waals surface area contributed by atoms with Gasteiger partial charge in [0.1, 0.15) is 5.69 Å². The lowest BCUT2D eigenvalue weighted by atomic mass is 9.98. The second-order valence-electron chi connectivity index (χ2n) is 4.81. The molecule has 7 nitrogen and oxygen atoms in total. The smallest absolute Gasteiger partial charge is 0.336 e. The molecule has 23 heavy (non-hydrogen) atoms. The molecule has 0 bridgehead atoms. The number of hydrogen-bond acceptors (Lipinski definition) is 4. The van der Waals surface area contributed by atoms with E-state index in [1.54, 1.807) is 48.5 Å². The van der Waals surface area contributed by atoms with Gasteiger partial charge in [-0.15, -0.1) is 0 Å². The highest BCUT2D eigenvalue weighted by atomic mass is 16.4. The van der Waals surface area contributed by atoms with Crippen molar-refractivity contribution in [2.24, 2.45) is 5.73 Å². The van der Waals surface area contributed by atoms with E-state index in [0.29, 0.717) is 16.8 Å². The van der Waals surface area contributed by atoms with E-state index in [2.05, 4.69) is 15.4 Å². The van der Waals surface area contributed by atoms with E-state index < -0.39 is 11.9 Å². The number of primary amides is 1. The van der Waals surface area contributed by atoms with Crippen LogP contribution < -0.4 is 5.73 Å². The van der Waals surface area contributed by atoms with Gasteiger partial charge in [0, 0.05) is 5.56 Å². The fraction of sp³-hybridized carbons (Fsp3) is 0. The number of nitrogens with one attached hydrogen (secondary N) is 1. The van der Waals surface area contributed by atoms with Crippen LogP contribution in [0.5, 0.6) is 0 Å². The van der Waals surface area contributed by atoms with Gasteiger partial charge in [0.15, 0.2) is 5.69 Å². The van der Waals surface area contributed by atoms with Gasteiger partial charge in [-0.3, -0.25) is 4.79 Å². The third kappa shape index (κ3) is 2.67. The Morgan fingerprint density at radius 2 is 1.61 bits per heavy atom. The predicted octanol–water partition coefficient (Wildman–Crippen LogP) is 1.94. The molecule has 4 N–H and O–H groups in total. The zero-order valence-electron chi connectivity index (χ0n) is 11.9. The highest BCUT2D eigenvalue weighted by molar-refractivity contribution is 5.97. The largest absolute Gasteiger partial charge is 0.478 e. The first kappa shape index (κ1) is 14.5. The monoisotopic (exact) mass is 308 g/mol. The molecule has 0 aliphatic carbocycles. The average molecular weight is 308 g/mol. The lowest BCUT2D eigenvalue weighted by molar-refractivity contribution is 0.0697. The number of nitrogens with zero attached hydrogens (tertiary/aromatic N) is 2. The van der Waals surface area contributed by atoms with Crippen molar-refractivity contribution in [2.75, 3.05) is 0 Å². The molecule has 0 aliphatic rings. The summed E-state index contributed by atoms with van der Waals surface area (Å²) in [6, 6.07) is 13.7. The molecule has 2 aromatic carbocycles. The topological polar surface area (TPSA) is 122 Å². The molecule has 0 fully saturated rings. The van der Waals surface area contributed by atoms with Crippen molar-refractivity contribution in [3.63, 3.8) is 0 Å². The van der Waals surface area contributed by atoms with Crippen molar-refractivity contribution in [2.45, 2.75) is 0 Å². The first-order chi connectivity index (χ1) is 11.1. The quantitative estimate of drug-likeness (QED) is 0.679. The first-order valence-corrected chi connectivity index (χ1v) is 6.71. The Bertz CT molecular complexity index is 884. The Kier molecular flexibility index (Phi) is 3.60. The molecule has 3 aromatic rings. The third-order valence-corrected chi connectivity index (χ3v) is 3.41. The Hall–Kier alpha value is -3.48. The SMILES string of the molecule is NC(=O)c1n[nH]nc1-c1ccc(-c2ccccc2C(=O)O)cc1. The van der Waals surface area contributed by atoms with E-state index in [4.69, 9.17) is 5.73 Å². The van der Waals surface area contributed by atoms with Gasteiger partial charge < -0.3 is 10.8 Å². The molecule has 0 saturated carbocycles. The molecule has 3 rings (SSSR count). The van der Waals surface area contributed by atoms with Crippen LogP contribution in [0.15, 0.2) is 48.5 Å². The normalized spacial score (nSPS) is 10.4. The maximum atomic E-state index is 11.3. The van der Waals surface area contributed by atoms with Crippen molar-refractivity contribution < 1.29 is 14.7 Å². The summed E-state index contributed by atoms with van der Waals surface area (Å²) in [6.45, 7) is 0. The highest BCUT2D eigenvalue weighted by Crippen LogP contribution is 2.27. The molecule has 0 saturated heterocycles. The van der Waals surface area contributed by atoms with Gasteiger partial charge in [-0.2, -0.15) is 15.4 Å². The number of hydrogen-bond donors (Lipinski definition) is 3. The Morgan fingerprint density at radius 1 is 0.957 bits per heavy atom. The van der Waals surface area contributed by atoms with Gasteiger partial charge in [0.05, 0.1) is 5.56 Å². The summed E-state index contributed by atoms with van der Waals surface area (Å²) >= 11 is 0. The standard InChI is InChI=1S/C16H12N4O3/c17-15(21)14-13(18-20-19-14)10-7-5-9(6-8-10)11-3-1-2-4-12(11)16(22)23/h1-8H,(H2,17,21)(H,22,23)(H,18,19,20). The van der Waals surface area contributed by atoms with Crippen molar-refractivity contribution in [1.29, 1.82) is 0 Å². The molecule has 0 aliphatic heterocycles. The summed E-state index contributed by atoms with van der Waals surface area (Å²) in [4.78, 5) is 22.6. The molecular weight excluding hydrogens is 296 g/mol. The number of carbonyl (C=O) groups excluding carboxylic acids is 1. The number of benzene rings is 2. The minimum atomic E-state index is -0.989. The van der Waals surface area contributed by atoms with Crippen LogP contribution in [0, 0.1) is 0 Å². The maximum absolute atomic E-state index is 11.3. The van der Waals surface area contributed by atoms with Crippen LogP contribution >= 0.6 is 0 Å². The maximum Gasteiger partial charge on any atom is 0.336 e. The summed E-state index contributed by atoms with van der Waals surface area (Å²) in [7, 11) is 0. The second-order valence-corrected chi connectivity index (χ2v) is 4.81. The molecule has 0 atom stereocenters. The van der Waals surface area contributed by atoms with Crippen LogP contribution in [0.2, 0.25) is 0 Å². The lowest BCUT2D eigenvalue weighted by Gasteiger charge is -2.07. The van der Waals surface area contributed by atoms with Gasteiger partial charge in [0.2, 0.25) is 0 Å². The van der Waals surface area contributed by atoms with Crippen LogP contribution in [0.1, 0.15) is 20.8 Å². The van der Waals surface area contributed by atoms with Crippen molar-refractivity contribution in [1.82, 2.24) is 15.4 Å². The predicted molar refractivity (Wildman–Crippen MR) is 82.7 cm³/mol. The van der Waals surface area contributed by atoms with Crippen molar-refractivity contribution in [3.05, 3.63) is 59.8 Å². The van der Waals surface area contributed by atoms with Crippen LogP contribution in [0.4, 0.5) is 0 Å². The number of aromatic amines is 1. The summed E-state index contributed by atoms with van der Waals surface area (Å²) in [6.07, 6.45) is 0. The number of nitrogens with two attached hydrogens (primary N) is 1. The number of carboxylic acids is 1. The molecule has 0 spiro atoms. The molecule has 114 valence electrons. The van der Waals surface area contributed by atoms with Gasteiger partial charge in [0.25, 0.3) is 5.91 Å². The van der Waals surface area contributed by atoms with Crippen LogP contribution in [-0.2, 0) is 0 Å². The minimum Gasteiger partial charge on any atom is -0.478 e. The molecule has 1 amide bonds. The summed E-state index contributed by atoms with van der Waals surface area (Å²) < 4.78 is 0. The van der Waals surface area contributed by atoms with Crippen molar-refractivity contribution in [3.8, 4) is 22.4 Å². The van der Waals surface area contributed by atoms with Gasteiger partial charge in [-0.1, -0.05) is 42.5 Å². The zero-order valence-corrected chi connectivity index (χ0v) is 11.9. The Labute approximate surface area is 130 Å². The van der Waals surface area contributed by atoms with Crippen LogP contribution in [0.25, 0.3) is 22.4 Å². The number of H-pyrrole nitrogens is 1.